The van der Waals surface area contributed by atoms with Crippen molar-refractivity contribution in [2.75, 3.05) is 37.9 Å². The molecule has 112 valence electrons. The zero-order valence-corrected chi connectivity index (χ0v) is 12.9. The summed E-state index contributed by atoms with van der Waals surface area (Å²) < 4.78 is 10.7. The number of nitrogen functional groups attached to an aromatic ring is 1. The minimum Gasteiger partial charge on any atom is -0.460 e. The first-order chi connectivity index (χ1) is 9.20. The van der Waals surface area contributed by atoms with Crippen molar-refractivity contribution in [3.05, 3.63) is 23.8 Å². The number of esters is 1. The van der Waals surface area contributed by atoms with Crippen LogP contribution >= 0.6 is 0 Å². The molecule has 1 aromatic rings. The standard InChI is InChI=1S/C15H24N2O3/c1-15(2,3)20-9-8-19-14(18)12-10-11(16)6-7-13(12)17(4)5/h6-7,10H,8-9,16H2,1-5H3. The maximum Gasteiger partial charge on any atom is 0.340 e. The molecule has 1 rings (SSSR count). The SMILES string of the molecule is CN(C)c1ccc(N)cc1C(=O)OCCOC(C)(C)C. The molecule has 5 heteroatoms. The van der Waals surface area contributed by atoms with Gasteiger partial charge in [-0.05, 0) is 39.0 Å². The van der Waals surface area contributed by atoms with Gasteiger partial charge in [0.25, 0.3) is 0 Å². The van der Waals surface area contributed by atoms with E-state index in [1.54, 1.807) is 18.2 Å². The molecule has 0 unspecified atom stereocenters. The number of hydrogen-bond donors (Lipinski definition) is 1. The van der Waals surface area contributed by atoms with E-state index in [-0.39, 0.29) is 12.2 Å². The van der Waals surface area contributed by atoms with Crippen molar-refractivity contribution in [2.45, 2.75) is 26.4 Å². The highest BCUT2D eigenvalue weighted by Gasteiger charge is 2.15. The first kappa shape index (κ1) is 16.3. The minimum absolute atomic E-state index is 0.220. The number of anilines is 2. The van der Waals surface area contributed by atoms with Crippen molar-refractivity contribution >= 4 is 17.3 Å². The van der Waals surface area contributed by atoms with E-state index in [4.69, 9.17) is 15.2 Å². The molecule has 0 saturated carbocycles. The number of ether oxygens (including phenoxy) is 2. The Bertz CT molecular complexity index is 465. The summed E-state index contributed by atoms with van der Waals surface area (Å²) in [5.74, 6) is -0.390. The molecule has 0 saturated heterocycles. The summed E-state index contributed by atoms with van der Waals surface area (Å²) >= 11 is 0. The van der Waals surface area contributed by atoms with Gasteiger partial charge in [-0.25, -0.2) is 4.79 Å². The van der Waals surface area contributed by atoms with E-state index in [1.807, 2.05) is 39.8 Å². The molecule has 0 heterocycles. The van der Waals surface area contributed by atoms with Crippen LogP contribution < -0.4 is 10.6 Å². The second-order valence-electron chi connectivity index (χ2n) is 5.77. The highest BCUT2D eigenvalue weighted by molar-refractivity contribution is 5.96. The average Bonchev–Trinajstić information content (AvgIpc) is 2.32. The van der Waals surface area contributed by atoms with Crippen LogP contribution in [0.1, 0.15) is 31.1 Å². The number of benzene rings is 1. The smallest absolute Gasteiger partial charge is 0.340 e. The second-order valence-corrected chi connectivity index (χ2v) is 5.77. The van der Waals surface area contributed by atoms with Gasteiger partial charge in [0.15, 0.2) is 0 Å². The van der Waals surface area contributed by atoms with Gasteiger partial charge in [0.05, 0.1) is 23.5 Å². The fourth-order valence-electron chi connectivity index (χ4n) is 1.67. The predicted octanol–water partition coefficient (Wildman–Crippen LogP) is 2.31. The minimum atomic E-state index is -0.390. The second kappa shape index (κ2) is 6.61. The Morgan fingerprint density at radius 3 is 2.45 bits per heavy atom. The Morgan fingerprint density at radius 2 is 1.90 bits per heavy atom. The van der Waals surface area contributed by atoms with Gasteiger partial charge < -0.3 is 20.1 Å². The van der Waals surface area contributed by atoms with Gasteiger partial charge in [0.1, 0.15) is 6.61 Å². The van der Waals surface area contributed by atoms with E-state index in [2.05, 4.69) is 0 Å². The third-order valence-electron chi connectivity index (χ3n) is 2.57. The van der Waals surface area contributed by atoms with E-state index in [1.165, 1.54) is 0 Å². The Kier molecular flexibility index (Phi) is 5.39. The number of carbonyl (C=O) groups is 1. The van der Waals surface area contributed by atoms with Gasteiger partial charge in [-0.3, -0.25) is 0 Å². The first-order valence-corrected chi connectivity index (χ1v) is 6.58. The molecule has 0 atom stereocenters. The summed E-state index contributed by atoms with van der Waals surface area (Å²) in [5.41, 5.74) is 7.27. The lowest BCUT2D eigenvalue weighted by molar-refractivity contribution is -0.0281. The summed E-state index contributed by atoms with van der Waals surface area (Å²) in [6.07, 6.45) is 0. The van der Waals surface area contributed by atoms with Gasteiger partial charge >= 0.3 is 5.97 Å². The molecule has 0 bridgehead atoms. The van der Waals surface area contributed by atoms with Crippen LogP contribution in [0.4, 0.5) is 11.4 Å². The number of nitrogens with two attached hydrogens (primary N) is 1. The Balaban J connectivity index is 2.65. The molecular weight excluding hydrogens is 256 g/mol. The molecule has 0 fully saturated rings. The summed E-state index contributed by atoms with van der Waals surface area (Å²) in [6, 6.07) is 5.19. The van der Waals surface area contributed by atoms with E-state index < -0.39 is 5.97 Å². The van der Waals surface area contributed by atoms with Crippen LogP contribution in [-0.2, 0) is 9.47 Å². The van der Waals surface area contributed by atoms with Gasteiger partial charge in [0, 0.05) is 19.8 Å². The van der Waals surface area contributed by atoms with Crippen LogP contribution in [0.3, 0.4) is 0 Å². The van der Waals surface area contributed by atoms with E-state index in [0.29, 0.717) is 17.9 Å². The molecule has 0 spiro atoms. The van der Waals surface area contributed by atoms with Gasteiger partial charge in [-0.1, -0.05) is 0 Å². The molecule has 0 aliphatic rings. The van der Waals surface area contributed by atoms with Gasteiger partial charge in [-0.2, -0.15) is 0 Å². The van der Waals surface area contributed by atoms with E-state index in [9.17, 15) is 4.79 Å². The summed E-state index contributed by atoms with van der Waals surface area (Å²) in [7, 11) is 3.73. The topological polar surface area (TPSA) is 64.8 Å². The lowest BCUT2D eigenvalue weighted by Crippen LogP contribution is -2.23. The Hall–Kier alpha value is -1.75. The van der Waals surface area contributed by atoms with Crippen LogP contribution in [-0.4, -0.2) is 38.9 Å². The third-order valence-corrected chi connectivity index (χ3v) is 2.57. The van der Waals surface area contributed by atoms with E-state index >= 15 is 0 Å². The number of hydrogen-bond acceptors (Lipinski definition) is 5. The fraction of sp³-hybridized carbons (Fsp3) is 0.533. The molecule has 20 heavy (non-hydrogen) atoms. The summed E-state index contributed by atoms with van der Waals surface area (Å²) in [4.78, 5) is 13.9. The summed E-state index contributed by atoms with van der Waals surface area (Å²) in [5, 5.41) is 0. The van der Waals surface area contributed by atoms with Crippen LogP contribution in [0.5, 0.6) is 0 Å². The molecule has 0 amide bonds. The largest absolute Gasteiger partial charge is 0.460 e. The van der Waals surface area contributed by atoms with Crippen LogP contribution in [0.2, 0.25) is 0 Å². The molecule has 0 radical (unpaired) electrons. The van der Waals surface area contributed by atoms with Crippen LogP contribution in [0.25, 0.3) is 0 Å². The average molecular weight is 280 g/mol. The fourth-order valence-corrected chi connectivity index (χ4v) is 1.67. The van der Waals surface area contributed by atoms with Crippen molar-refractivity contribution < 1.29 is 14.3 Å². The molecule has 0 aliphatic heterocycles. The Morgan fingerprint density at radius 1 is 1.25 bits per heavy atom. The lowest BCUT2D eigenvalue weighted by atomic mass is 10.1. The van der Waals surface area contributed by atoms with Crippen molar-refractivity contribution in [1.82, 2.24) is 0 Å². The molecular formula is C15H24N2O3. The van der Waals surface area contributed by atoms with Crippen LogP contribution in [0.15, 0.2) is 18.2 Å². The van der Waals surface area contributed by atoms with Gasteiger partial charge in [0.2, 0.25) is 0 Å². The zero-order chi connectivity index (χ0) is 15.3. The predicted molar refractivity (Wildman–Crippen MR) is 81.2 cm³/mol. The highest BCUT2D eigenvalue weighted by atomic mass is 16.6. The molecule has 0 aliphatic carbocycles. The van der Waals surface area contributed by atoms with E-state index in [0.717, 1.165) is 5.69 Å². The lowest BCUT2D eigenvalue weighted by Gasteiger charge is -2.20. The summed E-state index contributed by atoms with van der Waals surface area (Å²) in [6.45, 7) is 6.46. The molecule has 1 aromatic carbocycles. The molecule has 0 aromatic heterocycles. The third kappa shape index (κ3) is 5.09. The zero-order valence-electron chi connectivity index (χ0n) is 12.9. The van der Waals surface area contributed by atoms with Crippen molar-refractivity contribution in [3.8, 4) is 0 Å². The first-order valence-electron chi connectivity index (χ1n) is 6.58. The normalized spacial score (nSPS) is 11.2. The highest BCUT2D eigenvalue weighted by Crippen LogP contribution is 2.22. The van der Waals surface area contributed by atoms with Crippen molar-refractivity contribution in [3.63, 3.8) is 0 Å². The van der Waals surface area contributed by atoms with Crippen LogP contribution in [0, 0.1) is 0 Å². The number of nitrogens with zero attached hydrogens (tertiary/aromatic N) is 1. The molecule has 5 nitrogen and oxygen atoms in total. The van der Waals surface area contributed by atoms with Crippen molar-refractivity contribution in [2.24, 2.45) is 0 Å². The number of rotatable bonds is 5. The maximum absolute atomic E-state index is 12.1. The number of carbonyl (C=O) groups excluding carboxylic acids is 1. The quantitative estimate of drug-likeness (QED) is 0.509. The monoisotopic (exact) mass is 280 g/mol. The van der Waals surface area contributed by atoms with Crippen molar-refractivity contribution in [1.29, 1.82) is 0 Å². The maximum atomic E-state index is 12.1. The van der Waals surface area contributed by atoms with Gasteiger partial charge in [-0.15, -0.1) is 0 Å². The Labute approximate surface area is 120 Å². The molecule has 2 N–H and O–H groups in total.